The Balaban J connectivity index is 1.72. The number of carbonyl (C=O) groups excluding carboxylic acids is 1. The van der Waals surface area contributed by atoms with E-state index in [4.69, 9.17) is 4.74 Å². The second kappa shape index (κ2) is 6.17. The van der Waals surface area contributed by atoms with Crippen molar-refractivity contribution in [1.29, 1.82) is 0 Å². The molecule has 4 rings (SSSR count). The zero-order valence-corrected chi connectivity index (χ0v) is 15.1. The minimum absolute atomic E-state index is 0.0168. The minimum Gasteiger partial charge on any atom is -0.507 e. The molecule has 0 fully saturated rings. The van der Waals surface area contributed by atoms with Gasteiger partial charge in [0.2, 0.25) is 0 Å². The fourth-order valence-electron chi connectivity index (χ4n) is 2.94. The second-order valence-electron chi connectivity index (χ2n) is 6.19. The Morgan fingerprint density at radius 3 is 2.63 bits per heavy atom. The smallest absolute Gasteiger partial charge is 0.265 e. The number of anilines is 2. The van der Waals surface area contributed by atoms with E-state index in [0.717, 1.165) is 0 Å². The van der Waals surface area contributed by atoms with Gasteiger partial charge in [-0.15, -0.1) is 0 Å². The van der Waals surface area contributed by atoms with Crippen molar-refractivity contribution in [3.63, 3.8) is 0 Å². The van der Waals surface area contributed by atoms with E-state index in [2.05, 4.69) is 10.0 Å². The number of phenolic OH excluding ortho intramolecular Hbond substituents is 1. The van der Waals surface area contributed by atoms with Crippen molar-refractivity contribution >= 4 is 38.1 Å². The summed E-state index contributed by atoms with van der Waals surface area (Å²) in [7, 11) is -3.92. The highest BCUT2D eigenvalue weighted by atomic mass is 32.2. The van der Waals surface area contributed by atoms with Gasteiger partial charge in [-0.2, -0.15) is 0 Å². The van der Waals surface area contributed by atoms with Gasteiger partial charge in [-0.25, -0.2) is 8.42 Å². The number of benzene rings is 3. The second-order valence-corrected chi connectivity index (χ2v) is 7.87. The van der Waals surface area contributed by atoms with Gasteiger partial charge in [0.05, 0.1) is 16.3 Å². The third kappa shape index (κ3) is 3.04. The topological polar surface area (TPSA) is 105 Å². The van der Waals surface area contributed by atoms with E-state index in [1.807, 2.05) is 0 Å². The number of phenols is 1. The molecule has 0 aromatic heterocycles. The van der Waals surface area contributed by atoms with Gasteiger partial charge in [-0.3, -0.25) is 9.52 Å². The zero-order chi connectivity index (χ0) is 19.2. The van der Waals surface area contributed by atoms with Crippen LogP contribution in [0.4, 0.5) is 11.4 Å². The van der Waals surface area contributed by atoms with Crippen LogP contribution in [0.1, 0.15) is 6.92 Å². The molecule has 1 amide bonds. The quantitative estimate of drug-likeness (QED) is 0.644. The van der Waals surface area contributed by atoms with Gasteiger partial charge >= 0.3 is 0 Å². The molecule has 27 heavy (non-hydrogen) atoms. The summed E-state index contributed by atoms with van der Waals surface area (Å²) in [6.07, 6.45) is -0.638. The first-order chi connectivity index (χ1) is 12.8. The average molecular weight is 384 g/mol. The van der Waals surface area contributed by atoms with Crippen LogP contribution in [0.2, 0.25) is 0 Å². The summed E-state index contributed by atoms with van der Waals surface area (Å²) in [6.45, 7) is 1.61. The van der Waals surface area contributed by atoms with E-state index in [1.54, 1.807) is 37.3 Å². The zero-order valence-electron chi connectivity index (χ0n) is 14.3. The van der Waals surface area contributed by atoms with Crippen molar-refractivity contribution in [2.24, 2.45) is 0 Å². The Morgan fingerprint density at radius 2 is 1.81 bits per heavy atom. The van der Waals surface area contributed by atoms with E-state index in [1.165, 1.54) is 24.3 Å². The first-order valence-corrected chi connectivity index (χ1v) is 9.68. The van der Waals surface area contributed by atoms with Crippen LogP contribution in [0.15, 0.2) is 59.5 Å². The predicted octanol–water partition coefficient (Wildman–Crippen LogP) is 3.07. The van der Waals surface area contributed by atoms with Crippen molar-refractivity contribution in [3.8, 4) is 11.5 Å². The molecular formula is C19H16N2O5S. The SMILES string of the molecule is CC1Oc2ccc(S(=O)(=O)Nc3cccc4c(O)cccc34)cc2NC1=O. The molecule has 0 bridgehead atoms. The Hall–Kier alpha value is -3.26. The maximum atomic E-state index is 12.8. The van der Waals surface area contributed by atoms with E-state index in [-0.39, 0.29) is 16.6 Å². The molecule has 0 saturated heterocycles. The van der Waals surface area contributed by atoms with Crippen molar-refractivity contribution in [2.45, 2.75) is 17.9 Å². The summed E-state index contributed by atoms with van der Waals surface area (Å²) in [5.74, 6) is 0.141. The molecule has 138 valence electrons. The summed E-state index contributed by atoms with van der Waals surface area (Å²) in [5, 5.41) is 13.7. The van der Waals surface area contributed by atoms with Crippen molar-refractivity contribution in [2.75, 3.05) is 10.0 Å². The molecule has 7 nitrogen and oxygen atoms in total. The third-order valence-electron chi connectivity index (χ3n) is 4.34. The fourth-order valence-corrected chi connectivity index (χ4v) is 4.05. The molecular weight excluding hydrogens is 368 g/mol. The molecule has 3 aromatic rings. The number of hydrogen-bond acceptors (Lipinski definition) is 5. The van der Waals surface area contributed by atoms with Gasteiger partial charge < -0.3 is 15.2 Å². The third-order valence-corrected chi connectivity index (χ3v) is 5.70. The Labute approximate surface area is 155 Å². The van der Waals surface area contributed by atoms with Gasteiger partial charge in [-0.1, -0.05) is 24.3 Å². The maximum absolute atomic E-state index is 12.8. The number of hydrogen-bond donors (Lipinski definition) is 3. The van der Waals surface area contributed by atoms with E-state index < -0.39 is 16.1 Å². The number of amides is 1. The van der Waals surface area contributed by atoms with E-state index in [0.29, 0.717) is 27.9 Å². The maximum Gasteiger partial charge on any atom is 0.265 e. The highest BCUT2D eigenvalue weighted by Crippen LogP contribution is 2.34. The summed E-state index contributed by atoms with van der Waals surface area (Å²) < 4.78 is 33.7. The number of ether oxygens (including phenoxy) is 1. The van der Waals surface area contributed by atoms with Crippen LogP contribution < -0.4 is 14.8 Å². The normalized spacial score (nSPS) is 16.3. The van der Waals surface area contributed by atoms with Crippen LogP contribution in [0.25, 0.3) is 10.8 Å². The van der Waals surface area contributed by atoms with Crippen LogP contribution in [0.3, 0.4) is 0 Å². The number of nitrogens with one attached hydrogen (secondary N) is 2. The number of carbonyl (C=O) groups is 1. The lowest BCUT2D eigenvalue weighted by Crippen LogP contribution is -2.34. The molecule has 0 saturated carbocycles. The van der Waals surface area contributed by atoms with Crippen molar-refractivity contribution in [3.05, 3.63) is 54.6 Å². The summed E-state index contributed by atoms with van der Waals surface area (Å²) in [5.41, 5.74) is 0.645. The minimum atomic E-state index is -3.92. The molecule has 0 radical (unpaired) electrons. The van der Waals surface area contributed by atoms with Gasteiger partial charge in [0, 0.05) is 10.8 Å². The summed E-state index contributed by atoms with van der Waals surface area (Å²) in [6, 6.07) is 14.1. The van der Waals surface area contributed by atoms with Crippen LogP contribution in [-0.2, 0) is 14.8 Å². The van der Waals surface area contributed by atoms with Gasteiger partial charge in [0.1, 0.15) is 11.5 Å². The van der Waals surface area contributed by atoms with Crippen LogP contribution in [0, 0.1) is 0 Å². The first-order valence-electron chi connectivity index (χ1n) is 8.20. The molecule has 3 aromatic carbocycles. The number of sulfonamides is 1. The number of aromatic hydroxyl groups is 1. The van der Waals surface area contributed by atoms with Crippen molar-refractivity contribution < 1.29 is 23.1 Å². The molecule has 8 heteroatoms. The van der Waals surface area contributed by atoms with Crippen molar-refractivity contribution in [1.82, 2.24) is 0 Å². The Kier molecular flexibility index (Phi) is 3.92. The monoisotopic (exact) mass is 384 g/mol. The predicted molar refractivity (Wildman–Crippen MR) is 102 cm³/mol. The van der Waals surface area contributed by atoms with Crippen LogP contribution in [0.5, 0.6) is 11.5 Å². The molecule has 1 aliphatic heterocycles. The highest BCUT2D eigenvalue weighted by molar-refractivity contribution is 7.92. The molecule has 0 spiro atoms. The van der Waals surface area contributed by atoms with Crippen LogP contribution >= 0.6 is 0 Å². The average Bonchev–Trinajstić information content (AvgIpc) is 2.63. The fraction of sp³-hybridized carbons (Fsp3) is 0.105. The molecule has 1 unspecified atom stereocenters. The van der Waals surface area contributed by atoms with E-state index >= 15 is 0 Å². The van der Waals surface area contributed by atoms with E-state index in [9.17, 15) is 18.3 Å². The first kappa shape index (κ1) is 17.2. The standard InChI is InChI=1S/C19H16N2O5S/c1-11-19(23)20-16-10-12(8-9-18(16)26-11)27(24,25)21-15-6-2-5-14-13(15)4-3-7-17(14)22/h2-11,21-22H,1H3,(H,20,23). The Bertz CT molecular complexity index is 1170. The number of fused-ring (bicyclic) bond motifs is 2. The molecule has 1 heterocycles. The highest BCUT2D eigenvalue weighted by Gasteiger charge is 2.26. The molecule has 3 N–H and O–H groups in total. The van der Waals surface area contributed by atoms with Gasteiger partial charge in [0.25, 0.3) is 15.9 Å². The Morgan fingerprint density at radius 1 is 1.07 bits per heavy atom. The number of rotatable bonds is 3. The van der Waals surface area contributed by atoms with Gasteiger partial charge in [-0.05, 0) is 37.3 Å². The largest absolute Gasteiger partial charge is 0.507 e. The molecule has 1 atom stereocenters. The molecule has 0 aliphatic carbocycles. The van der Waals surface area contributed by atoms with Gasteiger partial charge in [0.15, 0.2) is 6.10 Å². The molecule has 1 aliphatic rings. The lowest BCUT2D eigenvalue weighted by atomic mass is 10.1. The lowest BCUT2D eigenvalue weighted by Gasteiger charge is -2.23. The summed E-state index contributed by atoms with van der Waals surface area (Å²) >= 11 is 0. The lowest BCUT2D eigenvalue weighted by molar-refractivity contribution is -0.122. The summed E-state index contributed by atoms with van der Waals surface area (Å²) in [4.78, 5) is 11.7. The van der Waals surface area contributed by atoms with Crippen LogP contribution in [-0.4, -0.2) is 25.5 Å².